The average Bonchev–Trinajstić information content (AvgIpc) is 3.10. The van der Waals surface area contributed by atoms with Gasteiger partial charge in [0.2, 0.25) is 0 Å². The molecule has 0 atom stereocenters. The monoisotopic (exact) mass is 294 g/mol. The molecule has 2 nitrogen and oxygen atoms in total. The number of benzene rings is 2. The van der Waals surface area contributed by atoms with E-state index in [1.807, 2.05) is 48.7 Å². The van der Waals surface area contributed by atoms with Crippen molar-refractivity contribution in [2.24, 2.45) is 0 Å². The maximum atomic E-state index is 4.30. The summed E-state index contributed by atoms with van der Waals surface area (Å²) in [6.07, 6.45) is 3.67. The van der Waals surface area contributed by atoms with Gasteiger partial charge in [0.25, 0.3) is 0 Å². The molecular formula is C21H14N2. The van der Waals surface area contributed by atoms with Crippen molar-refractivity contribution in [1.29, 1.82) is 0 Å². The fourth-order valence-electron chi connectivity index (χ4n) is 2.67. The lowest BCUT2D eigenvalue weighted by Crippen LogP contribution is -1.84. The van der Waals surface area contributed by atoms with Crippen molar-refractivity contribution >= 4 is 11.0 Å². The molecule has 0 unspecified atom stereocenters. The molecule has 0 saturated heterocycles. The average molecular weight is 294 g/mol. The van der Waals surface area contributed by atoms with E-state index in [1.165, 1.54) is 5.56 Å². The predicted octanol–water partition coefficient (Wildman–Crippen LogP) is 4.63. The van der Waals surface area contributed by atoms with Gasteiger partial charge in [0.15, 0.2) is 0 Å². The van der Waals surface area contributed by atoms with Gasteiger partial charge in [0, 0.05) is 28.9 Å². The van der Waals surface area contributed by atoms with Gasteiger partial charge in [-0.15, -0.1) is 0 Å². The van der Waals surface area contributed by atoms with Crippen LogP contribution < -0.4 is 0 Å². The van der Waals surface area contributed by atoms with Crippen molar-refractivity contribution in [3.63, 3.8) is 0 Å². The third-order valence-corrected chi connectivity index (χ3v) is 3.80. The Labute approximate surface area is 134 Å². The van der Waals surface area contributed by atoms with Gasteiger partial charge in [0.1, 0.15) is 5.65 Å². The van der Waals surface area contributed by atoms with Gasteiger partial charge in [-0.3, -0.25) is 0 Å². The second-order valence-electron chi connectivity index (χ2n) is 5.26. The zero-order valence-corrected chi connectivity index (χ0v) is 12.5. The third kappa shape index (κ3) is 2.61. The molecule has 0 aliphatic rings. The first kappa shape index (κ1) is 13.4. The summed E-state index contributed by atoms with van der Waals surface area (Å²) in [4.78, 5) is 7.42. The quantitative estimate of drug-likeness (QED) is 0.509. The van der Waals surface area contributed by atoms with Gasteiger partial charge < -0.3 is 4.98 Å². The molecule has 108 valence electrons. The first-order chi connectivity index (χ1) is 11.4. The maximum absolute atomic E-state index is 4.30. The molecule has 0 saturated carbocycles. The fraction of sp³-hybridized carbons (Fsp3) is 0. The van der Waals surface area contributed by atoms with Crippen molar-refractivity contribution in [2.45, 2.75) is 0 Å². The Balaban J connectivity index is 1.81. The van der Waals surface area contributed by atoms with Crippen LogP contribution in [0.1, 0.15) is 11.1 Å². The maximum Gasteiger partial charge on any atom is 0.138 e. The minimum absolute atomic E-state index is 0.869. The van der Waals surface area contributed by atoms with E-state index in [2.05, 4.69) is 46.1 Å². The van der Waals surface area contributed by atoms with Crippen molar-refractivity contribution in [2.75, 3.05) is 0 Å². The van der Waals surface area contributed by atoms with Crippen LogP contribution in [0.3, 0.4) is 0 Å². The molecule has 0 fully saturated rings. The van der Waals surface area contributed by atoms with Crippen LogP contribution in [-0.2, 0) is 0 Å². The summed E-state index contributed by atoms with van der Waals surface area (Å²) >= 11 is 0. The number of pyridine rings is 1. The van der Waals surface area contributed by atoms with E-state index in [1.54, 1.807) is 6.20 Å². The summed E-state index contributed by atoms with van der Waals surface area (Å²) in [5.74, 6) is 6.61. The number of nitrogens with zero attached hydrogens (tertiary/aromatic N) is 1. The number of fused-ring (bicyclic) bond motifs is 1. The summed E-state index contributed by atoms with van der Waals surface area (Å²) in [5, 5.41) is 1.05. The summed E-state index contributed by atoms with van der Waals surface area (Å²) < 4.78 is 0. The summed E-state index contributed by atoms with van der Waals surface area (Å²) in [6.45, 7) is 0. The van der Waals surface area contributed by atoms with Crippen LogP contribution in [0.15, 0.2) is 79.1 Å². The van der Waals surface area contributed by atoms with Gasteiger partial charge in [-0.1, -0.05) is 60.4 Å². The number of hydrogen-bond donors (Lipinski definition) is 1. The number of H-pyrrole nitrogens is 1. The van der Waals surface area contributed by atoms with Crippen LogP contribution in [0.25, 0.3) is 22.2 Å². The van der Waals surface area contributed by atoms with E-state index >= 15 is 0 Å². The molecular weight excluding hydrogens is 280 g/mol. The Morgan fingerprint density at radius 1 is 0.739 bits per heavy atom. The Morgan fingerprint density at radius 2 is 1.52 bits per heavy atom. The highest BCUT2D eigenvalue weighted by molar-refractivity contribution is 5.83. The normalized spacial score (nSPS) is 10.3. The molecule has 23 heavy (non-hydrogen) atoms. The lowest BCUT2D eigenvalue weighted by molar-refractivity contribution is 1.32. The van der Waals surface area contributed by atoms with Crippen LogP contribution in [0.5, 0.6) is 0 Å². The summed E-state index contributed by atoms with van der Waals surface area (Å²) in [7, 11) is 0. The number of rotatable bonds is 1. The highest BCUT2D eigenvalue weighted by Gasteiger charge is 2.02. The molecule has 2 aromatic heterocycles. The highest BCUT2D eigenvalue weighted by atomic mass is 14.8. The second kappa shape index (κ2) is 5.82. The van der Waals surface area contributed by atoms with E-state index in [-0.39, 0.29) is 0 Å². The van der Waals surface area contributed by atoms with Crippen LogP contribution in [0, 0.1) is 11.8 Å². The number of aromatic nitrogens is 2. The minimum Gasteiger partial charge on any atom is -0.346 e. The van der Waals surface area contributed by atoms with Crippen LogP contribution in [0.4, 0.5) is 0 Å². The Morgan fingerprint density at radius 3 is 2.43 bits per heavy atom. The van der Waals surface area contributed by atoms with Crippen molar-refractivity contribution in [3.8, 4) is 23.0 Å². The molecule has 4 aromatic rings. The number of nitrogens with one attached hydrogen (secondary N) is 1. The number of hydrogen-bond acceptors (Lipinski definition) is 1. The van der Waals surface area contributed by atoms with E-state index in [4.69, 9.17) is 0 Å². The molecule has 0 radical (unpaired) electrons. The van der Waals surface area contributed by atoms with Crippen LogP contribution in [-0.4, -0.2) is 9.97 Å². The lowest BCUT2D eigenvalue weighted by Gasteiger charge is -2.04. The van der Waals surface area contributed by atoms with Gasteiger partial charge >= 0.3 is 0 Å². The van der Waals surface area contributed by atoms with Crippen molar-refractivity contribution in [1.82, 2.24) is 9.97 Å². The number of aromatic amines is 1. The zero-order chi connectivity index (χ0) is 15.5. The van der Waals surface area contributed by atoms with Gasteiger partial charge in [-0.2, -0.15) is 0 Å². The largest absolute Gasteiger partial charge is 0.346 e. The first-order valence-electron chi connectivity index (χ1n) is 7.50. The molecule has 2 heteroatoms. The van der Waals surface area contributed by atoms with E-state index in [9.17, 15) is 0 Å². The van der Waals surface area contributed by atoms with Gasteiger partial charge in [-0.05, 0) is 29.3 Å². The lowest BCUT2D eigenvalue weighted by atomic mass is 10.00. The molecule has 0 bridgehead atoms. The molecule has 0 spiro atoms. The SMILES string of the molecule is C(#Cc1ccnc2[nH]ccc12)c1ccccc1-c1ccccc1. The Hall–Kier alpha value is -3.31. The Kier molecular flexibility index (Phi) is 3.38. The highest BCUT2D eigenvalue weighted by Crippen LogP contribution is 2.23. The van der Waals surface area contributed by atoms with E-state index in [0.29, 0.717) is 0 Å². The van der Waals surface area contributed by atoms with Gasteiger partial charge in [0.05, 0.1) is 0 Å². The third-order valence-electron chi connectivity index (χ3n) is 3.80. The zero-order valence-electron chi connectivity index (χ0n) is 12.5. The molecule has 0 aliphatic carbocycles. The topological polar surface area (TPSA) is 28.7 Å². The van der Waals surface area contributed by atoms with Crippen LogP contribution in [0.2, 0.25) is 0 Å². The fourth-order valence-corrected chi connectivity index (χ4v) is 2.67. The molecule has 1 N–H and O–H groups in total. The summed E-state index contributed by atoms with van der Waals surface area (Å²) in [5.41, 5.74) is 5.21. The molecule has 4 rings (SSSR count). The molecule has 0 aliphatic heterocycles. The van der Waals surface area contributed by atoms with E-state index < -0.39 is 0 Å². The smallest absolute Gasteiger partial charge is 0.138 e. The van der Waals surface area contributed by atoms with Crippen molar-refractivity contribution in [3.05, 3.63) is 90.3 Å². The first-order valence-corrected chi connectivity index (χ1v) is 7.50. The molecule has 2 aromatic carbocycles. The molecule has 2 heterocycles. The Bertz CT molecular complexity index is 1020. The van der Waals surface area contributed by atoms with Crippen LogP contribution >= 0.6 is 0 Å². The molecule has 0 amide bonds. The second-order valence-corrected chi connectivity index (χ2v) is 5.26. The predicted molar refractivity (Wildman–Crippen MR) is 94.0 cm³/mol. The standard InChI is InChI=1S/C21H14N2/c1-2-6-16(7-3-1)19-9-5-4-8-17(19)10-11-18-12-14-22-21-20(18)13-15-23-21/h1-9,12-15H,(H,22,23). The summed E-state index contributed by atoms with van der Waals surface area (Å²) in [6, 6.07) is 22.5. The van der Waals surface area contributed by atoms with Crippen molar-refractivity contribution < 1.29 is 0 Å². The van der Waals surface area contributed by atoms with Gasteiger partial charge in [-0.25, -0.2) is 4.98 Å². The van der Waals surface area contributed by atoms with E-state index in [0.717, 1.165) is 27.7 Å². The minimum atomic E-state index is 0.869.